The summed E-state index contributed by atoms with van der Waals surface area (Å²) >= 11 is 0.841. The van der Waals surface area contributed by atoms with Crippen LogP contribution in [0.1, 0.15) is 66.8 Å². The summed E-state index contributed by atoms with van der Waals surface area (Å²) in [5.41, 5.74) is 0.167. The number of nitrogens with zero attached hydrogens (tertiary/aromatic N) is 1. The number of thiophene rings is 1. The number of nitrogens with one attached hydrogen (secondary N) is 2. The maximum atomic E-state index is 13.3. The Balaban J connectivity index is 1.87. The van der Waals surface area contributed by atoms with Gasteiger partial charge in [-0.15, -0.1) is 11.3 Å². The van der Waals surface area contributed by atoms with E-state index >= 15 is 0 Å². The number of aryl methyl sites for hydroxylation is 1. The van der Waals surface area contributed by atoms with E-state index in [4.69, 9.17) is 4.74 Å². The molecule has 1 aromatic carbocycles. The SMILES string of the molecule is CC(C)(C)OC(=O)Nc1sc2c(c1S(=O)(=O)NCCCc1ccc(F)cc1)C(C#N)CCC2=O. The largest absolute Gasteiger partial charge is 0.444 e. The Morgan fingerprint density at radius 2 is 1.97 bits per heavy atom. The molecule has 11 heteroatoms. The molecule has 3 rings (SSSR count). The molecule has 8 nitrogen and oxygen atoms in total. The lowest BCUT2D eigenvalue weighted by molar-refractivity contribution is 0.0636. The summed E-state index contributed by atoms with van der Waals surface area (Å²) in [5, 5.41) is 12.0. The van der Waals surface area contributed by atoms with E-state index in [1.807, 2.05) is 0 Å². The molecular weight excluding hydrogens is 481 g/mol. The second kappa shape index (κ2) is 10.2. The van der Waals surface area contributed by atoms with Gasteiger partial charge in [-0.3, -0.25) is 10.1 Å². The highest BCUT2D eigenvalue weighted by Gasteiger charge is 2.38. The third kappa shape index (κ3) is 6.20. The van der Waals surface area contributed by atoms with Gasteiger partial charge in [-0.2, -0.15) is 5.26 Å². The van der Waals surface area contributed by atoms with E-state index in [2.05, 4.69) is 16.1 Å². The van der Waals surface area contributed by atoms with Gasteiger partial charge in [0.15, 0.2) is 5.78 Å². The number of Topliss-reactive ketones (excluding diaryl/α,β-unsaturated/α-hetero) is 1. The number of carbonyl (C=O) groups is 2. The van der Waals surface area contributed by atoms with E-state index in [1.165, 1.54) is 12.1 Å². The van der Waals surface area contributed by atoms with Crippen molar-refractivity contribution in [3.05, 3.63) is 46.1 Å². The number of halogens is 1. The summed E-state index contributed by atoms with van der Waals surface area (Å²) in [4.78, 5) is 24.8. The molecule has 1 amide bonds. The standard InChI is InChI=1S/C23H26FN3O5S2/c1-23(2,3)32-22(29)27-21-20(18-15(13-25)8-11-17(28)19(18)33-21)34(30,31)26-12-4-5-14-6-9-16(24)10-7-14/h6-7,9-10,15,26H,4-5,8,11-12H2,1-3H3,(H,27,29). The molecule has 2 aromatic rings. The molecule has 1 aliphatic rings. The van der Waals surface area contributed by atoms with Crippen LogP contribution in [0.3, 0.4) is 0 Å². The summed E-state index contributed by atoms with van der Waals surface area (Å²) < 4.78 is 47.4. The quantitative estimate of drug-likeness (QED) is 0.522. The van der Waals surface area contributed by atoms with Crippen LogP contribution in [0.15, 0.2) is 29.2 Å². The zero-order valence-electron chi connectivity index (χ0n) is 19.1. The molecule has 0 saturated carbocycles. The van der Waals surface area contributed by atoms with Crippen molar-refractivity contribution in [1.82, 2.24) is 4.72 Å². The first-order chi connectivity index (χ1) is 15.9. The zero-order chi connectivity index (χ0) is 25.1. The number of hydrogen-bond acceptors (Lipinski definition) is 7. The summed E-state index contributed by atoms with van der Waals surface area (Å²) in [6, 6.07) is 8.02. The molecule has 1 heterocycles. The van der Waals surface area contributed by atoms with Gasteiger partial charge >= 0.3 is 6.09 Å². The molecular formula is C23H26FN3O5S2. The van der Waals surface area contributed by atoms with Gasteiger partial charge in [0.25, 0.3) is 0 Å². The van der Waals surface area contributed by atoms with Crippen LogP contribution < -0.4 is 10.0 Å². The van der Waals surface area contributed by atoms with Crippen molar-refractivity contribution in [2.45, 2.75) is 62.9 Å². The van der Waals surface area contributed by atoms with Gasteiger partial charge in [0.1, 0.15) is 21.3 Å². The van der Waals surface area contributed by atoms with Gasteiger partial charge in [0, 0.05) is 18.5 Å². The summed E-state index contributed by atoms with van der Waals surface area (Å²) in [5.74, 6) is -1.40. The van der Waals surface area contributed by atoms with E-state index in [-0.39, 0.29) is 51.3 Å². The van der Waals surface area contributed by atoms with Crippen molar-refractivity contribution in [3.63, 3.8) is 0 Å². The van der Waals surface area contributed by atoms with Gasteiger partial charge < -0.3 is 4.74 Å². The number of fused-ring (bicyclic) bond motifs is 1. The van der Waals surface area contributed by atoms with E-state index < -0.39 is 27.6 Å². The van der Waals surface area contributed by atoms with Crippen LogP contribution in [0.4, 0.5) is 14.2 Å². The number of anilines is 1. The Kier molecular flexibility index (Phi) is 7.75. The normalized spacial score (nSPS) is 16.0. The van der Waals surface area contributed by atoms with Crippen molar-refractivity contribution in [2.24, 2.45) is 0 Å². The summed E-state index contributed by atoms with van der Waals surface area (Å²) in [7, 11) is -4.18. The number of benzene rings is 1. The van der Waals surface area contributed by atoms with Crippen molar-refractivity contribution in [2.75, 3.05) is 11.9 Å². The predicted molar refractivity (Wildman–Crippen MR) is 126 cm³/mol. The minimum absolute atomic E-state index is 0.0548. The minimum atomic E-state index is -4.18. The van der Waals surface area contributed by atoms with E-state index in [9.17, 15) is 27.7 Å². The molecule has 0 aliphatic heterocycles. The molecule has 0 saturated heterocycles. The number of carbonyl (C=O) groups excluding carboxylic acids is 2. The van der Waals surface area contributed by atoms with Crippen molar-refractivity contribution in [1.29, 1.82) is 5.26 Å². The number of hydrogen-bond donors (Lipinski definition) is 2. The van der Waals surface area contributed by atoms with Crippen molar-refractivity contribution < 1.29 is 27.1 Å². The van der Waals surface area contributed by atoms with Crippen molar-refractivity contribution >= 4 is 38.2 Å². The Morgan fingerprint density at radius 1 is 1.29 bits per heavy atom. The summed E-state index contributed by atoms with van der Waals surface area (Å²) in [6.07, 6.45) is 0.430. The average molecular weight is 508 g/mol. The lowest BCUT2D eigenvalue weighted by atomic mass is 9.88. The maximum Gasteiger partial charge on any atom is 0.412 e. The van der Waals surface area contributed by atoms with E-state index in [0.717, 1.165) is 16.9 Å². The third-order valence-corrected chi connectivity index (χ3v) is 7.88. The van der Waals surface area contributed by atoms with Crippen LogP contribution in [0.5, 0.6) is 0 Å². The van der Waals surface area contributed by atoms with Gasteiger partial charge in [0.2, 0.25) is 10.0 Å². The molecule has 182 valence electrons. The third-order valence-electron chi connectivity index (χ3n) is 5.05. The highest BCUT2D eigenvalue weighted by Crippen LogP contribution is 2.45. The fraction of sp³-hybridized carbons (Fsp3) is 0.435. The topological polar surface area (TPSA) is 125 Å². The molecule has 2 N–H and O–H groups in total. The van der Waals surface area contributed by atoms with Crippen molar-refractivity contribution in [3.8, 4) is 6.07 Å². The monoisotopic (exact) mass is 507 g/mol. The van der Waals surface area contributed by atoms with E-state index in [1.54, 1.807) is 32.9 Å². The predicted octanol–water partition coefficient (Wildman–Crippen LogP) is 4.73. The molecule has 0 radical (unpaired) electrons. The second-order valence-electron chi connectivity index (χ2n) is 8.90. The molecule has 1 atom stereocenters. The first-order valence-electron chi connectivity index (χ1n) is 10.7. The average Bonchev–Trinajstić information content (AvgIpc) is 3.12. The molecule has 1 aromatic heterocycles. The number of ketones is 1. The highest BCUT2D eigenvalue weighted by molar-refractivity contribution is 7.90. The minimum Gasteiger partial charge on any atom is -0.444 e. The van der Waals surface area contributed by atoms with Crippen LogP contribution in [0.2, 0.25) is 0 Å². The number of rotatable bonds is 7. The van der Waals surface area contributed by atoms with Crippen LogP contribution in [0, 0.1) is 17.1 Å². The fourth-order valence-electron chi connectivity index (χ4n) is 3.58. The maximum absolute atomic E-state index is 13.3. The van der Waals surface area contributed by atoms with Gasteiger partial charge in [-0.25, -0.2) is 22.3 Å². The first-order valence-corrected chi connectivity index (χ1v) is 13.0. The Bertz CT molecular complexity index is 1230. The van der Waals surface area contributed by atoms with Gasteiger partial charge in [-0.05, 0) is 57.7 Å². The van der Waals surface area contributed by atoms with Crippen LogP contribution >= 0.6 is 11.3 Å². The molecule has 1 aliphatic carbocycles. The lowest BCUT2D eigenvalue weighted by Gasteiger charge is -2.20. The molecule has 0 bridgehead atoms. The summed E-state index contributed by atoms with van der Waals surface area (Å²) in [6.45, 7) is 5.08. The highest BCUT2D eigenvalue weighted by atomic mass is 32.2. The number of sulfonamides is 1. The molecule has 0 fully saturated rings. The molecule has 1 unspecified atom stereocenters. The Morgan fingerprint density at radius 3 is 2.59 bits per heavy atom. The smallest absolute Gasteiger partial charge is 0.412 e. The number of nitriles is 1. The fourth-order valence-corrected chi connectivity index (χ4v) is 6.60. The first kappa shape index (κ1) is 25.8. The number of amides is 1. The Labute approximate surface area is 202 Å². The van der Waals surface area contributed by atoms with Crippen LogP contribution in [0.25, 0.3) is 0 Å². The molecule has 0 spiro atoms. The second-order valence-corrected chi connectivity index (χ2v) is 11.6. The lowest BCUT2D eigenvalue weighted by Crippen LogP contribution is -2.29. The zero-order valence-corrected chi connectivity index (χ0v) is 20.7. The van der Waals surface area contributed by atoms with Gasteiger partial charge in [0.05, 0.1) is 16.9 Å². The Hall–Kier alpha value is -2.81. The van der Waals surface area contributed by atoms with E-state index in [0.29, 0.717) is 12.8 Å². The number of ether oxygens (including phenoxy) is 1. The molecule has 34 heavy (non-hydrogen) atoms. The van der Waals surface area contributed by atoms with Gasteiger partial charge in [-0.1, -0.05) is 12.1 Å². The van der Waals surface area contributed by atoms with Crippen LogP contribution in [-0.4, -0.2) is 32.4 Å². The van der Waals surface area contributed by atoms with Crippen LogP contribution in [-0.2, 0) is 21.2 Å².